The van der Waals surface area contributed by atoms with E-state index in [-0.39, 0.29) is 17.7 Å². The molecule has 80 valence electrons. The van der Waals surface area contributed by atoms with E-state index in [1.165, 1.54) is 6.08 Å². The van der Waals surface area contributed by atoms with E-state index in [1.54, 1.807) is 0 Å². The summed E-state index contributed by atoms with van der Waals surface area (Å²) in [5, 5.41) is 3.74. The number of hydrogen-bond acceptors (Lipinski definition) is 3. The number of nitrogens with one attached hydrogen (secondary N) is 1. The molecule has 0 fully saturated rings. The average molecular weight is 238 g/mol. The highest BCUT2D eigenvalue weighted by molar-refractivity contribution is 7.94. The smallest absolute Gasteiger partial charge is 0.220 e. The Labute approximate surface area is 88.2 Å². The molecule has 0 aromatic carbocycles. The molecule has 14 heavy (non-hydrogen) atoms. The number of carbonyl (C=O) groups is 1. The zero-order valence-corrected chi connectivity index (χ0v) is 9.14. The largest absolute Gasteiger partial charge is 0.349 e. The van der Waals surface area contributed by atoms with Crippen LogP contribution in [0.25, 0.3) is 0 Å². The first-order valence-corrected chi connectivity index (χ1v) is 6.55. The van der Waals surface area contributed by atoms with Crippen LogP contribution in [0.15, 0.2) is 11.5 Å². The lowest BCUT2D eigenvalue weighted by molar-refractivity contribution is -0.121. The Balaban J connectivity index is 2.34. The van der Waals surface area contributed by atoms with E-state index in [0.29, 0.717) is 18.7 Å². The second-order valence-corrected chi connectivity index (χ2v) is 5.43. The third kappa shape index (κ3) is 3.67. The molecule has 4 nitrogen and oxygen atoms in total. The first-order valence-electron chi connectivity index (χ1n) is 4.30. The van der Waals surface area contributed by atoms with Gasteiger partial charge >= 0.3 is 0 Å². The Morgan fingerprint density at radius 3 is 2.79 bits per heavy atom. The van der Waals surface area contributed by atoms with E-state index in [0.717, 1.165) is 5.41 Å². The summed E-state index contributed by atoms with van der Waals surface area (Å²) in [5.41, 5.74) is 0. The van der Waals surface area contributed by atoms with E-state index < -0.39 is 9.84 Å². The van der Waals surface area contributed by atoms with Crippen LogP contribution in [-0.4, -0.2) is 32.0 Å². The molecule has 0 bridgehead atoms. The lowest BCUT2D eigenvalue weighted by Crippen LogP contribution is -2.35. The predicted molar refractivity (Wildman–Crippen MR) is 54.8 cm³/mol. The molecule has 1 heterocycles. The lowest BCUT2D eigenvalue weighted by atomic mass is 10.3. The highest BCUT2D eigenvalue weighted by Crippen LogP contribution is 2.08. The second kappa shape index (κ2) is 4.79. The minimum Gasteiger partial charge on any atom is -0.349 e. The summed E-state index contributed by atoms with van der Waals surface area (Å²) < 4.78 is 22.0. The van der Waals surface area contributed by atoms with Crippen molar-refractivity contribution >= 4 is 27.3 Å². The Morgan fingerprint density at radius 1 is 1.57 bits per heavy atom. The number of carbonyl (C=O) groups excluding carboxylic acids is 1. The van der Waals surface area contributed by atoms with Crippen LogP contribution in [0.4, 0.5) is 0 Å². The molecule has 0 saturated heterocycles. The van der Waals surface area contributed by atoms with Crippen molar-refractivity contribution in [3.63, 3.8) is 0 Å². The molecule has 1 aliphatic rings. The van der Waals surface area contributed by atoms with Crippen molar-refractivity contribution in [1.82, 2.24) is 5.32 Å². The van der Waals surface area contributed by atoms with Crippen molar-refractivity contribution < 1.29 is 13.2 Å². The highest BCUT2D eigenvalue weighted by atomic mass is 35.5. The second-order valence-electron chi connectivity index (χ2n) is 3.12. The summed E-state index contributed by atoms with van der Waals surface area (Å²) in [7, 11) is -3.08. The van der Waals surface area contributed by atoms with Gasteiger partial charge in [-0.1, -0.05) is 0 Å². The molecular weight excluding hydrogens is 226 g/mol. The minimum atomic E-state index is -3.08. The fourth-order valence-corrected chi connectivity index (χ4v) is 2.54. The number of halogens is 1. The molecule has 0 aromatic rings. The van der Waals surface area contributed by atoms with Crippen LogP contribution in [0.5, 0.6) is 0 Å². The third-order valence-corrected chi connectivity index (χ3v) is 3.48. The van der Waals surface area contributed by atoms with E-state index in [4.69, 9.17) is 11.6 Å². The van der Waals surface area contributed by atoms with Gasteiger partial charge in [0.1, 0.15) is 0 Å². The van der Waals surface area contributed by atoms with Crippen molar-refractivity contribution in [3.8, 4) is 0 Å². The van der Waals surface area contributed by atoms with Crippen molar-refractivity contribution in [2.24, 2.45) is 0 Å². The van der Waals surface area contributed by atoms with Gasteiger partial charge in [-0.05, 0) is 12.5 Å². The Kier molecular flexibility index (Phi) is 3.95. The molecule has 1 rings (SSSR count). The SMILES string of the molecule is O=C(CCCCl)NC1C=CS(=O)(=O)C1. The Hall–Kier alpha value is -0.550. The van der Waals surface area contributed by atoms with E-state index in [9.17, 15) is 13.2 Å². The number of hydrogen-bond donors (Lipinski definition) is 1. The van der Waals surface area contributed by atoms with Gasteiger partial charge in [0.2, 0.25) is 5.91 Å². The summed E-state index contributed by atoms with van der Waals surface area (Å²) in [6, 6.07) is -0.372. The minimum absolute atomic E-state index is 0.0282. The van der Waals surface area contributed by atoms with E-state index >= 15 is 0 Å². The summed E-state index contributed by atoms with van der Waals surface area (Å²) in [6.45, 7) is 0. The molecule has 0 spiro atoms. The summed E-state index contributed by atoms with van der Waals surface area (Å²) >= 11 is 5.42. The Morgan fingerprint density at radius 2 is 2.29 bits per heavy atom. The van der Waals surface area contributed by atoms with Gasteiger partial charge in [0.15, 0.2) is 9.84 Å². The maximum atomic E-state index is 11.2. The standard InChI is InChI=1S/C8H12ClNO3S/c9-4-1-2-8(11)10-7-3-5-14(12,13)6-7/h3,5,7H,1-2,4,6H2,(H,10,11). The maximum Gasteiger partial charge on any atom is 0.220 e. The fraction of sp³-hybridized carbons (Fsp3) is 0.625. The van der Waals surface area contributed by atoms with Gasteiger partial charge in [0, 0.05) is 17.7 Å². The third-order valence-electron chi connectivity index (χ3n) is 1.81. The van der Waals surface area contributed by atoms with Gasteiger partial charge in [0.25, 0.3) is 0 Å². The van der Waals surface area contributed by atoms with Gasteiger partial charge in [0.05, 0.1) is 11.8 Å². The van der Waals surface area contributed by atoms with Crippen molar-refractivity contribution in [1.29, 1.82) is 0 Å². The maximum absolute atomic E-state index is 11.2. The molecule has 1 N–H and O–H groups in total. The molecule has 1 atom stereocenters. The fourth-order valence-electron chi connectivity index (χ4n) is 1.17. The zero-order valence-electron chi connectivity index (χ0n) is 7.57. The molecule has 1 unspecified atom stereocenters. The monoisotopic (exact) mass is 237 g/mol. The number of sulfone groups is 1. The van der Waals surface area contributed by atoms with E-state index in [2.05, 4.69) is 5.32 Å². The molecule has 0 saturated carbocycles. The quantitative estimate of drug-likeness (QED) is 0.722. The molecule has 1 amide bonds. The topological polar surface area (TPSA) is 63.2 Å². The van der Waals surface area contributed by atoms with Gasteiger partial charge in [-0.15, -0.1) is 11.6 Å². The lowest BCUT2D eigenvalue weighted by Gasteiger charge is -2.08. The van der Waals surface area contributed by atoms with Crippen LogP contribution >= 0.6 is 11.6 Å². The van der Waals surface area contributed by atoms with Crippen LogP contribution in [0.3, 0.4) is 0 Å². The summed E-state index contributed by atoms with van der Waals surface area (Å²) in [6.07, 6.45) is 2.44. The summed E-state index contributed by atoms with van der Waals surface area (Å²) in [5.74, 6) is 0.253. The zero-order chi connectivity index (χ0) is 10.6. The van der Waals surface area contributed by atoms with Crippen LogP contribution in [-0.2, 0) is 14.6 Å². The first-order chi connectivity index (χ1) is 6.53. The van der Waals surface area contributed by atoms with Crippen LogP contribution in [0.1, 0.15) is 12.8 Å². The van der Waals surface area contributed by atoms with Gasteiger partial charge in [-0.2, -0.15) is 0 Å². The van der Waals surface area contributed by atoms with Crippen LogP contribution in [0, 0.1) is 0 Å². The molecule has 0 radical (unpaired) electrons. The molecular formula is C8H12ClNO3S. The molecule has 6 heteroatoms. The van der Waals surface area contributed by atoms with Gasteiger partial charge in [-0.3, -0.25) is 4.79 Å². The normalized spacial score (nSPS) is 23.6. The molecule has 1 aliphatic heterocycles. The number of amides is 1. The molecule has 0 aromatic heterocycles. The highest BCUT2D eigenvalue weighted by Gasteiger charge is 2.22. The van der Waals surface area contributed by atoms with Gasteiger partial charge in [-0.25, -0.2) is 8.42 Å². The van der Waals surface area contributed by atoms with Crippen molar-refractivity contribution in [2.75, 3.05) is 11.6 Å². The van der Waals surface area contributed by atoms with Crippen LogP contribution in [0.2, 0.25) is 0 Å². The summed E-state index contributed by atoms with van der Waals surface area (Å²) in [4.78, 5) is 11.2. The van der Waals surface area contributed by atoms with Crippen molar-refractivity contribution in [2.45, 2.75) is 18.9 Å². The Bertz CT molecular complexity index is 336. The van der Waals surface area contributed by atoms with Crippen molar-refractivity contribution in [3.05, 3.63) is 11.5 Å². The average Bonchev–Trinajstić information content (AvgIpc) is 2.42. The first kappa shape index (κ1) is 11.5. The number of alkyl halides is 1. The van der Waals surface area contributed by atoms with E-state index in [1.807, 2.05) is 0 Å². The van der Waals surface area contributed by atoms with Crippen LogP contribution < -0.4 is 5.32 Å². The van der Waals surface area contributed by atoms with Gasteiger partial charge < -0.3 is 5.32 Å². The predicted octanol–water partition coefficient (Wildman–Crippen LogP) is 0.432. The number of rotatable bonds is 4. The molecule has 0 aliphatic carbocycles.